The normalized spacial score (nSPS) is 19.5. The van der Waals surface area contributed by atoms with E-state index in [4.69, 9.17) is 10.0 Å². The fraction of sp³-hybridized carbons (Fsp3) is 0.533. The lowest BCUT2D eigenvalue weighted by molar-refractivity contribution is -0.0485. The van der Waals surface area contributed by atoms with Gasteiger partial charge in [0.05, 0.1) is 0 Å². The highest BCUT2D eigenvalue weighted by atomic mass is 19.3. The molecule has 0 radical (unpaired) electrons. The number of rotatable bonds is 4. The quantitative estimate of drug-likeness (QED) is 0.734. The van der Waals surface area contributed by atoms with Gasteiger partial charge in [-0.1, -0.05) is 12.1 Å². The van der Waals surface area contributed by atoms with Gasteiger partial charge in [0, 0.05) is 24.4 Å². The van der Waals surface area contributed by atoms with E-state index in [2.05, 4.69) is 5.32 Å². The Balaban J connectivity index is 1.91. The summed E-state index contributed by atoms with van der Waals surface area (Å²) in [7, 11) is -1.57. The third kappa shape index (κ3) is 4.27. The maximum Gasteiger partial charge on any atom is 0.488 e. The summed E-state index contributed by atoms with van der Waals surface area (Å²) in [5.41, 5.74) is 0.705. The molecule has 1 fully saturated rings. The first-order valence-corrected chi connectivity index (χ1v) is 7.43. The van der Waals surface area contributed by atoms with Crippen LogP contribution in [0.3, 0.4) is 0 Å². The Kier molecular flexibility index (Phi) is 5.18. The van der Waals surface area contributed by atoms with Crippen molar-refractivity contribution >= 4 is 18.5 Å². The Morgan fingerprint density at radius 2 is 1.82 bits per heavy atom. The van der Waals surface area contributed by atoms with Crippen molar-refractivity contribution in [2.24, 2.45) is 5.92 Å². The zero-order valence-corrected chi connectivity index (χ0v) is 12.4. The van der Waals surface area contributed by atoms with Crippen LogP contribution in [-0.4, -0.2) is 35.0 Å². The molecule has 0 saturated heterocycles. The Hall–Kier alpha value is -1.47. The molecule has 0 unspecified atom stereocenters. The topological polar surface area (TPSA) is 69.6 Å². The molecule has 0 bridgehead atoms. The molecule has 22 heavy (non-hydrogen) atoms. The second kappa shape index (κ2) is 6.75. The minimum absolute atomic E-state index is 0.0575. The van der Waals surface area contributed by atoms with Gasteiger partial charge in [0.2, 0.25) is 5.92 Å². The predicted molar refractivity (Wildman–Crippen MR) is 80.1 cm³/mol. The van der Waals surface area contributed by atoms with E-state index in [-0.39, 0.29) is 30.7 Å². The highest BCUT2D eigenvalue weighted by molar-refractivity contribution is 6.58. The number of hydrogen-bond acceptors (Lipinski definition) is 3. The predicted octanol–water partition coefficient (Wildman–Crippen LogP) is 1.31. The molecule has 1 amide bonds. The summed E-state index contributed by atoms with van der Waals surface area (Å²) in [5.74, 6) is -2.80. The first kappa shape index (κ1) is 16.9. The third-order valence-corrected chi connectivity index (χ3v) is 4.30. The number of carbonyl (C=O) groups excluding carboxylic acids is 1. The van der Waals surface area contributed by atoms with Crippen molar-refractivity contribution in [1.82, 2.24) is 5.32 Å². The van der Waals surface area contributed by atoms with Gasteiger partial charge in [0.1, 0.15) is 0 Å². The van der Waals surface area contributed by atoms with Crippen LogP contribution < -0.4 is 10.8 Å². The van der Waals surface area contributed by atoms with E-state index in [0.717, 1.165) is 0 Å². The van der Waals surface area contributed by atoms with Crippen LogP contribution in [0.25, 0.3) is 0 Å². The zero-order chi connectivity index (χ0) is 16.3. The summed E-state index contributed by atoms with van der Waals surface area (Å²) in [5, 5.41) is 20.8. The van der Waals surface area contributed by atoms with Crippen molar-refractivity contribution in [3.63, 3.8) is 0 Å². The SMILES string of the molecule is C[C@H](NC(=O)c1ccc(B(O)O)cc1)C1CCC(F)(F)CC1. The molecule has 3 N–H and O–H groups in total. The van der Waals surface area contributed by atoms with Crippen molar-refractivity contribution < 1.29 is 23.6 Å². The lowest BCUT2D eigenvalue weighted by Gasteiger charge is -2.32. The van der Waals surface area contributed by atoms with Gasteiger partial charge in [-0.2, -0.15) is 0 Å². The van der Waals surface area contributed by atoms with E-state index >= 15 is 0 Å². The molecule has 1 aliphatic rings. The molecule has 0 aliphatic heterocycles. The summed E-state index contributed by atoms with van der Waals surface area (Å²) in [6.07, 6.45) is 0.566. The van der Waals surface area contributed by atoms with Gasteiger partial charge in [-0.15, -0.1) is 0 Å². The van der Waals surface area contributed by atoms with E-state index in [1.165, 1.54) is 24.3 Å². The van der Waals surface area contributed by atoms with Gasteiger partial charge in [0.25, 0.3) is 5.91 Å². The molecule has 4 nitrogen and oxygen atoms in total. The van der Waals surface area contributed by atoms with Crippen molar-refractivity contribution in [3.05, 3.63) is 29.8 Å². The summed E-state index contributed by atoms with van der Waals surface area (Å²) in [6, 6.07) is 5.76. The number of amides is 1. The van der Waals surface area contributed by atoms with Gasteiger partial charge in [0.15, 0.2) is 0 Å². The zero-order valence-electron chi connectivity index (χ0n) is 12.4. The maximum absolute atomic E-state index is 13.1. The molecular weight excluding hydrogens is 291 g/mol. The van der Waals surface area contributed by atoms with Crippen molar-refractivity contribution in [2.75, 3.05) is 0 Å². The highest BCUT2D eigenvalue weighted by Gasteiger charge is 2.36. The minimum Gasteiger partial charge on any atom is -0.423 e. The van der Waals surface area contributed by atoms with Gasteiger partial charge >= 0.3 is 7.12 Å². The second-order valence-corrected chi connectivity index (χ2v) is 5.95. The van der Waals surface area contributed by atoms with Crippen molar-refractivity contribution in [2.45, 2.75) is 44.6 Å². The largest absolute Gasteiger partial charge is 0.488 e. The van der Waals surface area contributed by atoms with E-state index in [1.807, 2.05) is 6.92 Å². The van der Waals surface area contributed by atoms with Gasteiger partial charge in [-0.25, -0.2) is 8.78 Å². The highest BCUT2D eigenvalue weighted by Crippen LogP contribution is 2.37. The monoisotopic (exact) mass is 311 g/mol. The van der Waals surface area contributed by atoms with Crippen LogP contribution in [0.2, 0.25) is 0 Å². The van der Waals surface area contributed by atoms with Crippen LogP contribution in [0.4, 0.5) is 8.78 Å². The minimum atomic E-state index is -2.57. The third-order valence-electron chi connectivity index (χ3n) is 4.30. The molecule has 0 heterocycles. The number of nitrogens with one attached hydrogen (secondary N) is 1. The van der Waals surface area contributed by atoms with Crippen LogP contribution in [-0.2, 0) is 0 Å². The molecule has 7 heteroatoms. The fourth-order valence-corrected chi connectivity index (χ4v) is 2.78. The molecule has 1 saturated carbocycles. The van der Waals surface area contributed by atoms with E-state index in [9.17, 15) is 13.6 Å². The summed E-state index contributed by atoms with van der Waals surface area (Å²) in [6.45, 7) is 1.83. The Bertz CT molecular complexity index is 512. The van der Waals surface area contributed by atoms with Crippen LogP contribution in [0.5, 0.6) is 0 Å². The second-order valence-electron chi connectivity index (χ2n) is 5.95. The maximum atomic E-state index is 13.1. The van der Waals surface area contributed by atoms with E-state index < -0.39 is 13.0 Å². The average Bonchev–Trinajstić information content (AvgIpc) is 2.47. The first-order chi connectivity index (χ1) is 10.3. The summed E-state index contributed by atoms with van der Waals surface area (Å²) in [4.78, 5) is 12.1. The van der Waals surface area contributed by atoms with Crippen molar-refractivity contribution in [3.8, 4) is 0 Å². The smallest absolute Gasteiger partial charge is 0.423 e. The molecule has 1 atom stereocenters. The fourth-order valence-electron chi connectivity index (χ4n) is 2.78. The molecule has 1 aromatic carbocycles. The molecule has 0 aromatic heterocycles. The van der Waals surface area contributed by atoms with Crippen LogP contribution in [0, 0.1) is 5.92 Å². The van der Waals surface area contributed by atoms with Crippen LogP contribution in [0.1, 0.15) is 43.0 Å². The molecule has 1 aromatic rings. The van der Waals surface area contributed by atoms with Gasteiger partial charge in [-0.3, -0.25) is 4.79 Å². The lowest BCUT2D eigenvalue weighted by Crippen LogP contribution is -2.41. The number of hydrogen-bond donors (Lipinski definition) is 3. The standard InChI is InChI=1S/C15H20BF2NO3/c1-10(11-6-8-15(17,18)9-7-11)19-14(20)12-2-4-13(5-3-12)16(21)22/h2-5,10-11,21-22H,6-9H2,1H3,(H,19,20)/t10-/m0/s1. The van der Waals surface area contributed by atoms with Crippen molar-refractivity contribution in [1.29, 1.82) is 0 Å². The first-order valence-electron chi connectivity index (χ1n) is 7.43. The van der Waals surface area contributed by atoms with E-state index in [1.54, 1.807) is 0 Å². The lowest BCUT2D eigenvalue weighted by atomic mass is 9.80. The van der Waals surface area contributed by atoms with Crippen LogP contribution >= 0.6 is 0 Å². The molecule has 2 rings (SSSR count). The van der Waals surface area contributed by atoms with E-state index in [0.29, 0.717) is 23.9 Å². The molecule has 120 valence electrons. The van der Waals surface area contributed by atoms with Gasteiger partial charge < -0.3 is 15.4 Å². The summed E-state index contributed by atoms with van der Waals surface area (Å²) < 4.78 is 26.3. The Labute approximate surface area is 128 Å². The number of benzene rings is 1. The number of halogens is 2. The van der Waals surface area contributed by atoms with Crippen LogP contribution in [0.15, 0.2) is 24.3 Å². The molecular formula is C15H20BF2NO3. The average molecular weight is 311 g/mol. The van der Waals surface area contributed by atoms with Gasteiger partial charge in [-0.05, 0) is 43.3 Å². The summed E-state index contributed by atoms with van der Waals surface area (Å²) >= 11 is 0. The Morgan fingerprint density at radius 1 is 1.27 bits per heavy atom. The molecule has 0 spiro atoms. The molecule has 1 aliphatic carbocycles. The Morgan fingerprint density at radius 3 is 2.32 bits per heavy atom. The number of carbonyl (C=O) groups is 1. The number of alkyl halides is 2.